The predicted octanol–water partition coefficient (Wildman–Crippen LogP) is 2.70. The third kappa shape index (κ3) is 4.14. The number of piperidine rings is 1. The molecule has 1 unspecified atom stereocenters. The highest BCUT2D eigenvalue weighted by molar-refractivity contribution is 5.39. The van der Waals surface area contributed by atoms with E-state index in [2.05, 4.69) is 11.0 Å². The Morgan fingerprint density at radius 1 is 1.30 bits per heavy atom. The minimum Gasteiger partial charge on any atom is -0.490 e. The van der Waals surface area contributed by atoms with Crippen molar-refractivity contribution in [3.8, 4) is 17.6 Å². The van der Waals surface area contributed by atoms with E-state index in [1.165, 1.54) is 0 Å². The average Bonchev–Trinajstić information content (AvgIpc) is 2.49. The molecule has 1 aromatic carbocycles. The molecule has 2 rings (SSSR count). The molecule has 0 N–H and O–H groups in total. The van der Waals surface area contributed by atoms with Gasteiger partial charge in [-0.1, -0.05) is 12.1 Å². The summed E-state index contributed by atoms with van der Waals surface area (Å²) in [6, 6.07) is 10.1. The first kappa shape index (κ1) is 14.7. The summed E-state index contributed by atoms with van der Waals surface area (Å²) in [7, 11) is 0. The summed E-state index contributed by atoms with van der Waals surface area (Å²) in [6.07, 6.45) is 2.13. The molecule has 20 heavy (non-hydrogen) atoms. The Morgan fingerprint density at radius 3 is 2.75 bits per heavy atom. The van der Waals surface area contributed by atoms with Gasteiger partial charge in [-0.15, -0.1) is 0 Å². The van der Waals surface area contributed by atoms with Crippen LogP contribution in [0.2, 0.25) is 0 Å². The maximum atomic E-state index is 8.98. The van der Waals surface area contributed by atoms with E-state index in [-0.39, 0.29) is 5.92 Å². The monoisotopic (exact) mass is 274 g/mol. The van der Waals surface area contributed by atoms with E-state index in [0.29, 0.717) is 13.2 Å². The summed E-state index contributed by atoms with van der Waals surface area (Å²) in [5.74, 6) is 1.77. The van der Waals surface area contributed by atoms with Crippen molar-refractivity contribution in [3.05, 3.63) is 24.3 Å². The zero-order chi connectivity index (χ0) is 14.2. The van der Waals surface area contributed by atoms with Crippen molar-refractivity contribution in [3.63, 3.8) is 0 Å². The van der Waals surface area contributed by atoms with Crippen LogP contribution in [0.25, 0.3) is 0 Å². The highest BCUT2D eigenvalue weighted by atomic mass is 16.5. The number of likely N-dealkylation sites (tertiary alicyclic amines) is 1. The predicted molar refractivity (Wildman–Crippen MR) is 77.9 cm³/mol. The Bertz CT molecular complexity index is 456. The zero-order valence-corrected chi connectivity index (χ0v) is 12.0. The number of benzene rings is 1. The second-order valence-corrected chi connectivity index (χ2v) is 5.00. The fraction of sp³-hybridized carbons (Fsp3) is 0.562. The Hall–Kier alpha value is -1.73. The lowest BCUT2D eigenvalue weighted by atomic mass is 10.00. The first-order valence-corrected chi connectivity index (χ1v) is 7.30. The first-order chi connectivity index (χ1) is 9.83. The van der Waals surface area contributed by atoms with Crippen molar-refractivity contribution in [2.75, 3.05) is 32.8 Å². The van der Waals surface area contributed by atoms with Gasteiger partial charge in [-0.2, -0.15) is 5.26 Å². The molecule has 0 aromatic heterocycles. The molecule has 1 aliphatic heterocycles. The molecule has 1 atom stereocenters. The molecule has 1 aromatic rings. The molecule has 108 valence electrons. The van der Waals surface area contributed by atoms with E-state index in [1.54, 1.807) is 0 Å². The van der Waals surface area contributed by atoms with Gasteiger partial charge in [0.05, 0.1) is 18.6 Å². The van der Waals surface area contributed by atoms with Crippen LogP contribution in [0.5, 0.6) is 11.5 Å². The van der Waals surface area contributed by atoms with Crippen molar-refractivity contribution in [1.82, 2.24) is 4.90 Å². The van der Waals surface area contributed by atoms with Crippen LogP contribution in [-0.4, -0.2) is 37.7 Å². The molecule has 0 radical (unpaired) electrons. The molecule has 1 heterocycles. The fourth-order valence-corrected chi connectivity index (χ4v) is 2.49. The summed E-state index contributed by atoms with van der Waals surface area (Å²) < 4.78 is 11.3. The molecule has 0 aliphatic carbocycles. The van der Waals surface area contributed by atoms with Gasteiger partial charge in [0.1, 0.15) is 6.61 Å². The van der Waals surface area contributed by atoms with Crippen LogP contribution in [0.1, 0.15) is 19.8 Å². The van der Waals surface area contributed by atoms with Crippen LogP contribution in [0.4, 0.5) is 0 Å². The van der Waals surface area contributed by atoms with E-state index in [1.807, 2.05) is 31.2 Å². The maximum Gasteiger partial charge on any atom is 0.161 e. The largest absolute Gasteiger partial charge is 0.490 e. The summed E-state index contributed by atoms with van der Waals surface area (Å²) in [4.78, 5) is 2.31. The van der Waals surface area contributed by atoms with E-state index in [4.69, 9.17) is 14.7 Å². The Balaban J connectivity index is 1.79. The van der Waals surface area contributed by atoms with Crippen LogP contribution < -0.4 is 9.47 Å². The number of para-hydroxylation sites is 2. The van der Waals surface area contributed by atoms with Crippen LogP contribution >= 0.6 is 0 Å². The second-order valence-electron chi connectivity index (χ2n) is 5.00. The van der Waals surface area contributed by atoms with Gasteiger partial charge >= 0.3 is 0 Å². The van der Waals surface area contributed by atoms with E-state index >= 15 is 0 Å². The molecule has 1 saturated heterocycles. The molecular weight excluding hydrogens is 252 g/mol. The van der Waals surface area contributed by atoms with Gasteiger partial charge in [0.25, 0.3) is 0 Å². The Labute approximate surface area is 120 Å². The lowest BCUT2D eigenvalue weighted by Crippen LogP contribution is -2.37. The highest BCUT2D eigenvalue weighted by Gasteiger charge is 2.19. The standard InChI is InChI=1S/C16H22N2O2/c1-2-19-15-7-3-4-8-16(15)20-11-10-18-9-5-6-14(12-17)13-18/h3-4,7-8,14H,2,5-6,9-11,13H2,1H3. The fourth-order valence-electron chi connectivity index (χ4n) is 2.49. The van der Waals surface area contributed by atoms with Crippen molar-refractivity contribution in [1.29, 1.82) is 5.26 Å². The lowest BCUT2D eigenvalue weighted by molar-refractivity contribution is 0.162. The number of ether oxygens (including phenoxy) is 2. The number of rotatable bonds is 6. The molecule has 0 saturated carbocycles. The van der Waals surface area contributed by atoms with Crippen LogP contribution in [0, 0.1) is 17.2 Å². The van der Waals surface area contributed by atoms with Gasteiger partial charge in [-0.05, 0) is 38.4 Å². The Kier molecular flexibility index (Phi) is 5.69. The lowest BCUT2D eigenvalue weighted by Gasteiger charge is -2.29. The van der Waals surface area contributed by atoms with Crippen molar-refractivity contribution in [2.24, 2.45) is 5.92 Å². The topological polar surface area (TPSA) is 45.5 Å². The van der Waals surface area contributed by atoms with Crippen LogP contribution in [0.15, 0.2) is 24.3 Å². The summed E-state index contributed by atoms with van der Waals surface area (Å²) in [6.45, 7) is 6.02. The minimum atomic E-state index is 0.180. The zero-order valence-electron chi connectivity index (χ0n) is 12.0. The van der Waals surface area contributed by atoms with Crippen molar-refractivity contribution in [2.45, 2.75) is 19.8 Å². The van der Waals surface area contributed by atoms with Crippen molar-refractivity contribution < 1.29 is 9.47 Å². The van der Waals surface area contributed by atoms with E-state index in [9.17, 15) is 0 Å². The maximum absolute atomic E-state index is 8.98. The van der Waals surface area contributed by atoms with Crippen LogP contribution in [-0.2, 0) is 0 Å². The molecule has 4 heteroatoms. The summed E-state index contributed by atoms with van der Waals surface area (Å²) >= 11 is 0. The number of hydrogen-bond donors (Lipinski definition) is 0. The molecule has 0 spiro atoms. The molecule has 1 fully saturated rings. The molecule has 0 amide bonds. The summed E-state index contributed by atoms with van der Waals surface area (Å²) in [5, 5.41) is 8.98. The van der Waals surface area contributed by atoms with Gasteiger partial charge in [-0.25, -0.2) is 0 Å². The Morgan fingerprint density at radius 2 is 2.05 bits per heavy atom. The number of nitriles is 1. The number of nitrogens with zero attached hydrogens (tertiary/aromatic N) is 2. The first-order valence-electron chi connectivity index (χ1n) is 7.30. The molecular formula is C16H22N2O2. The SMILES string of the molecule is CCOc1ccccc1OCCN1CCCC(C#N)C1. The molecule has 1 aliphatic rings. The summed E-state index contributed by atoms with van der Waals surface area (Å²) in [5.41, 5.74) is 0. The van der Waals surface area contributed by atoms with Gasteiger partial charge < -0.3 is 9.47 Å². The third-order valence-corrected chi connectivity index (χ3v) is 3.50. The van der Waals surface area contributed by atoms with E-state index < -0.39 is 0 Å². The van der Waals surface area contributed by atoms with Gasteiger partial charge in [0.2, 0.25) is 0 Å². The number of hydrogen-bond acceptors (Lipinski definition) is 4. The molecule has 4 nitrogen and oxygen atoms in total. The smallest absolute Gasteiger partial charge is 0.161 e. The quantitative estimate of drug-likeness (QED) is 0.800. The van der Waals surface area contributed by atoms with E-state index in [0.717, 1.165) is 44.0 Å². The van der Waals surface area contributed by atoms with Crippen LogP contribution in [0.3, 0.4) is 0 Å². The molecule has 0 bridgehead atoms. The normalized spacial score (nSPS) is 19.3. The third-order valence-electron chi connectivity index (χ3n) is 3.50. The highest BCUT2D eigenvalue weighted by Crippen LogP contribution is 2.26. The average molecular weight is 274 g/mol. The second kappa shape index (κ2) is 7.76. The van der Waals surface area contributed by atoms with Gasteiger partial charge in [-0.3, -0.25) is 4.90 Å². The van der Waals surface area contributed by atoms with Gasteiger partial charge in [0.15, 0.2) is 11.5 Å². The van der Waals surface area contributed by atoms with Crippen molar-refractivity contribution >= 4 is 0 Å². The minimum absolute atomic E-state index is 0.180. The van der Waals surface area contributed by atoms with Gasteiger partial charge in [0, 0.05) is 13.1 Å².